The van der Waals surface area contributed by atoms with Gasteiger partial charge in [0.15, 0.2) is 0 Å². The third kappa shape index (κ3) is 3.32. The average Bonchev–Trinajstić information content (AvgIpc) is 2.76. The van der Waals surface area contributed by atoms with E-state index >= 15 is 0 Å². The lowest BCUT2D eigenvalue weighted by Gasteiger charge is -2.07. The minimum atomic E-state index is -0.563. The number of hydrogen-bond donors (Lipinski definition) is 3. The van der Waals surface area contributed by atoms with Crippen LogP contribution in [0.4, 0.5) is 15.5 Å². The van der Waals surface area contributed by atoms with Gasteiger partial charge in [-0.05, 0) is 36.1 Å². The number of aryl methyl sites for hydroxylation is 1. The van der Waals surface area contributed by atoms with Crippen LogP contribution in [0.25, 0.3) is 0 Å². The Bertz CT molecular complexity index is 622. The van der Waals surface area contributed by atoms with Crippen LogP contribution in [0.2, 0.25) is 0 Å². The molecule has 2 aromatic rings. The zero-order valence-corrected chi connectivity index (χ0v) is 11.1. The van der Waals surface area contributed by atoms with Crippen LogP contribution >= 0.6 is 11.3 Å². The third-order valence-electron chi connectivity index (χ3n) is 2.43. The van der Waals surface area contributed by atoms with Gasteiger partial charge in [-0.15, -0.1) is 11.3 Å². The summed E-state index contributed by atoms with van der Waals surface area (Å²) in [6.07, 6.45) is 0. The molecule has 0 aliphatic heterocycles. The Morgan fingerprint density at radius 2 is 2.00 bits per heavy atom. The molecule has 0 aliphatic carbocycles. The summed E-state index contributed by atoms with van der Waals surface area (Å²) in [6, 6.07) is 8.60. The Morgan fingerprint density at radius 3 is 2.68 bits per heavy atom. The fourth-order valence-corrected chi connectivity index (χ4v) is 2.38. The maximum atomic E-state index is 11.8. The lowest BCUT2D eigenvalue weighted by atomic mass is 10.2. The van der Waals surface area contributed by atoms with E-state index in [9.17, 15) is 9.59 Å². The van der Waals surface area contributed by atoms with Crippen molar-refractivity contribution in [3.8, 4) is 0 Å². The molecule has 0 atom stereocenters. The number of carbonyl (C=O) groups excluding carboxylic acids is 2. The molecule has 5 nitrogen and oxygen atoms in total. The van der Waals surface area contributed by atoms with Crippen molar-refractivity contribution in [1.82, 2.24) is 0 Å². The molecule has 0 aliphatic rings. The smallest absolute Gasteiger partial charge is 0.324 e. The number of urea groups is 1. The maximum Gasteiger partial charge on any atom is 0.324 e. The number of benzene rings is 1. The van der Waals surface area contributed by atoms with Crippen molar-refractivity contribution in [3.05, 3.63) is 46.8 Å². The first-order valence-electron chi connectivity index (χ1n) is 5.58. The number of amides is 3. The Labute approximate surface area is 114 Å². The summed E-state index contributed by atoms with van der Waals surface area (Å²) in [6.45, 7) is 1.94. The minimum absolute atomic E-state index is 0.310. The van der Waals surface area contributed by atoms with Gasteiger partial charge in [0.25, 0.3) is 5.91 Å². The molecule has 0 fully saturated rings. The van der Waals surface area contributed by atoms with Gasteiger partial charge in [0.2, 0.25) is 0 Å². The highest BCUT2D eigenvalue weighted by atomic mass is 32.1. The van der Waals surface area contributed by atoms with E-state index in [1.54, 1.807) is 17.5 Å². The molecule has 0 unspecified atom stereocenters. The summed E-state index contributed by atoms with van der Waals surface area (Å²) < 4.78 is 0. The van der Waals surface area contributed by atoms with E-state index in [-0.39, 0.29) is 0 Å². The number of anilines is 2. The van der Waals surface area contributed by atoms with E-state index in [1.165, 1.54) is 11.3 Å². The molecule has 1 aromatic heterocycles. The number of primary amides is 1. The number of rotatable bonds is 3. The topological polar surface area (TPSA) is 84.2 Å². The molecule has 0 saturated carbocycles. The Kier molecular flexibility index (Phi) is 3.82. The van der Waals surface area contributed by atoms with Crippen LogP contribution in [0.5, 0.6) is 0 Å². The molecule has 0 spiro atoms. The van der Waals surface area contributed by atoms with Crippen LogP contribution in [-0.2, 0) is 0 Å². The normalized spacial score (nSPS) is 9.95. The highest BCUT2D eigenvalue weighted by Gasteiger charge is 2.12. The van der Waals surface area contributed by atoms with Crippen molar-refractivity contribution in [2.24, 2.45) is 5.73 Å². The van der Waals surface area contributed by atoms with Gasteiger partial charge in [0, 0.05) is 5.69 Å². The van der Waals surface area contributed by atoms with Crippen LogP contribution in [0.1, 0.15) is 15.9 Å². The van der Waals surface area contributed by atoms with Crippen molar-refractivity contribution < 1.29 is 9.59 Å². The first-order chi connectivity index (χ1) is 9.06. The van der Waals surface area contributed by atoms with E-state index in [2.05, 4.69) is 10.6 Å². The second-order valence-electron chi connectivity index (χ2n) is 3.98. The number of carbonyl (C=O) groups is 2. The molecular weight excluding hydrogens is 262 g/mol. The molecule has 19 heavy (non-hydrogen) atoms. The summed E-state index contributed by atoms with van der Waals surface area (Å²) >= 11 is 1.25. The van der Waals surface area contributed by atoms with Crippen LogP contribution in [0, 0.1) is 6.92 Å². The van der Waals surface area contributed by atoms with Gasteiger partial charge in [-0.1, -0.05) is 12.1 Å². The Hall–Kier alpha value is -2.34. The van der Waals surface area contributed by atoms with E-state index < -0.39 is 11.9 Å². The standard InChI is InChI=1S/C13H13N3O2S/c1-8-3-2-4-9(7-8)15-13(18)16-12-10(11(14)17)5-6-19-12/h2-7H,1H3,(H2,14,17)(H2,15,16,18). The second-order valence-corrected chi connectivity index (χ2v) is 4.89. The molecule has 1 aromatic carbocycles. The molecule has 4 N–H and O–H groups in total. The van der Waals surface area contributed by atoms with Gasteiger partial charge in [-0.2, -0.15) is 0 Å². The van der Waals surface area contributed by atoms with Crippen molar-refractivity contribution >= 4 is 34.0 Å². The molecule has 98 valence electrons. The van der Waals surface area contributed by atoms with E-state index in [1.807, 2.05) is 25.1 Å². The van der Waals surface area contributed by atoms with E-state index in [0.717, 1.165) is 5.56 Å². The van der Waals surface area contributed by atoms with Gasteiger partial charge in [0.1, 0.15) is 5.00 Å². The molecule has 6 heteroatoms. The highest BCUT2D eigenvalue weighted by Crippen LogP contribution is 2.22. The third-order valence-corrected chi connectivity index (χ3v) is 3.26. The predicted molar refractivity (Wildman–Crippen MR) is 76.7 cm³/mol. The fraction of sp³-hybridized carbons (Fsp3) is 0.0769. The van der Waals surface area contributed by atoms with Gasteiger partial charge in [-0.25, -0.2) is 4.79 Å². The first kappa shape index (κ1) is 13.1. The van der Waals surface area contributed by atoms with Crippen molar-refractivity contribution in [2.75, 3.05) is 10.6 Å². The van der Waals surface area contributed by atoms with E-state index in [4.69, 9.17) is 5.73 Å². The van der Waals surface area contributed by atoms with Crippen molar-refractivity contribution in [2.45, 2.75) is 6.92 Å². The SMILES string of the molecule is Cc1cccc(NC(=O)Nc2sccc2C(N)=O)c1. The summed E-state index contributed by atoms with van der Waals surface area (Å²) in [5.74, 6) is -0.563. The monoisotopic (exact) mass is 275 g/mol. The van der Waals surface area contributed by atoms with Gasteiger partial charge >= 0.3 is 6.03 Å². The average molecular weight is 275 g/mol. The molecule has 1 heterocycles. The minimum Gasteiger partial charge on any atom is -0.366 e. The van der Waals surface area contributed by atoms with Gasteiger partial charge < -0.3 is 11.1 Å². The quantitative estimate of drug-likeness (QED) is 0.804. The first-order valence-corrected chi connectivity index (χ1v) is 6.46. The van der Waals surface area contributed by atoms with Crippen molar-refractivity contribution in [3.63, 3.8) is 0 Å². The molecule has 3 amide bonds. The largest absolute Gasteiger partial charge is 0.366 e. The highest BCUT2D eigenvalue weighted by molar-refractivity contribution is 7.14. The molecule has 0 bridgehead atoms. The number of nitrogens with two attached hydrogens (primary N) is 1. The van der Waals surface area contributed by atoms with E-state index in [0.29, 0.717) is 16.3 Å². The molecular formula is C13H13N3O2S. The zero-order valence-electron chi connectivity index (χ0n) is 10.3. The van der Waals surface area contributed by atoms with Gasteiger partial charge in [0.05, 0.1) is 5.56 Å². The van der Waals surface area contributed by atoms with Crippen LogP contribution in [0.3, 0.4) is 0 Å². The maximum absolute atomic E-state index is 11.8. The summed E-state index contributed by atoms with van der Waals surface area (Å²) in [5, 5.41) is 7.44. The Balaban J connectivity index is 2.05. The van der Waals surface area contributed by atoms with Crippen LogP contribution < -0.4 is 16.4 Å². The number of nitrogens with one attached hydrogen (secondary N) is 2. The summed E-state index contributed by atoms with van der Waals surface area (Å²) in [4.78, 5) is 22.9. The lowest BCUT2D eigenvalue weighted by molar-refractivity contribution is 0.100. The molecule has 0 radical (unpaired) electrons. The van der Waals surface area contributed by atoms with Crippen LogP contribution in [-0.4, -0.2) is 11.9 Å². The summed E-state index contributed by atoms with van der Waals surface area (Å²) in [5.41, 5.74) is 7.25. The second kappa shape index (κ2) is 5.53. The van der Waals surface area contributed by atoms with Crippen LogP contribution in [0.15, 0.2) is 35.7 Å². The lowest BCUT2D eigenvalue weighted by Crippen LogP contribution is -2.21. The summed E-state index contributed by atoms with van der Waals surface area (Å²) in [7, 11) is 0. The molecule has 0 saturated heterocycles. The zero-order chi connectivity index (χ0) is 13.8. The van der Waals surface area contributed by atoms with Gasteiger partial charge in [-0.3, -0.25) is 10.1 Å². The van der Waals surface area contributed by atoms with Crippen molar-refractivity contribution in [1.29, 1.82) is 0 Å². The molecule has 2 rings (SSSR count). The number of thiophene rings is 1. The number of hydrogen-bond acceptors (Lipinski definition) is 3. The Morgan fingerprint density at radius 1 is 1.21 bits per heavy atom. The predicted octanol–water partition coefficient (Wildman–Crippen LogP) is 2.80. The fourth-order valence-electron chi connectivity index (χ4n) is 1.59.